The summed E-state index contributed by atoms with van der Waals surface area (Å²) >= 11 is 3.51. The number of benzene rings is 1. The van der Waals surface area contributed by atoms with Gasteiger partial charge < -0.3 is 10.1 Å². The van der Waals surface area contributed by atoms with Gasteiger partial charge in [-0.25, -0.2) is 0 Å². The van der Waals surface area contributed by atoms with Crippen molar-refractivity contribution in [2.24, 2.45) is 5.92 Å². The SMILES string of the molecule is CCCCC(CC)CNc1ccc(OC)c(Br)c1. The molecule has 0 aliphatic carbocycles. The molecule has 0 aliphatic heterocycles. The molecular weight excluding hydrogens is 290 g/mol. The van der Waals surface area contributed by atoms with Gasteiger partial charge in [0.25, 0.3) is 0 Å². The molecule has 1 rings (SSSR count). The molecule has 2 nitrogen and oxygen atoms in total. The van der Waals surface area contributed by atoms with E-state index >= 15 is 0 Å². The van der Waals surface area contributed by atoms with Gasteiger partial charge >= 0.3 is 0 Å². The van der Waals surface area contributed by atoms with E-state index in [9.17, 15) is 0 Å². The number of anilines is 1. The molecule has 0 amide bonds. The lowest BCUT2D eigenvalue weighted by Crippen LogP contribution is -2.13. The van der Waals surface area contributed by atoms with Crippen LogP contribution in [0.5, 0.6) is 5.75 Å². The number of ether oxygens (including phenoxy) is 1. The van der Waals surface area contributed by atoms with Gasteiger partial charge in [-0.15, -0.1) is 0 Å². The first kappa shape index (κ1) is 15.4. The molecule has 0 aliphatic rings. The Morgan fingerprint density at radius 2 is 2.11 bits per heavy atom. The van der Waals surface area contributed by atoms with E-state index in [-0.39, 0.29) is 0 Å². The monoisotopic (exact) mass is 313 g/mol. The van der Waals surface area contributed by atoms with E-state index < -0.39 is 0 Å². The van der Waals surface area contributed by atoms with Crippen molar-refractivity contribution >= 4 is 21.6 Å². The van der Waals surface area contributed by atoms with Crippen LogP contribution in [0.4, 0.5) is 5.69 Å². The van der Waals surface area contributed by atoms with E-state index in [1.54, 1.807) is 7.11 Å². The Labute approximate surface area is 119 Å². The van der Waals surface area contributed by atoms with Crippen molar-refractivity contribution in [3.05, 3.63) is 22.7 Å². The highest BCUT2D eigenvalue weighted by Gasteiger charge is 2.06. The van der Waals surface area contributed by atoms with Crippen LogP contribution in [0.25, 0.3) is 0 Å². The summed E-state index contributed by atoms with van der Waals surface area (Å²) in [5.41, 5.74) is 1.15. The second-order valence-electron chi connectivity index (χ2n) is 4.65. The molecule has 1 atom stereocenters. The third-order valence-corrected chi connectivity index (χ3v) is 3.91. The van der Waals surface area contributed by atoms with E-state index in [1.807, 2.05) is 6.07 Å². The van der Waals surface area contributed by atoms with Gasteiger partial charge in [0, 0.05) is 12.2 Å². The topological polar surface area (TPSA) is 21.3 Å². The quantitative estimate of drug-likeness (QED) is 0.722. The van der Waals surface area contributed by atoms with E-state index in [2.05, 4.69) is 47.2 Å². The molecule has 0 saturated carbocycles. The van der Waals surface area contributed by atoms with Crippen molar-refractivity contribution in [3.8, 4) is 5.75 Å². The Bertz CT molecular complexity index is 354. The van der Waals surface area contributed by atoms with Gasteiger partial charge in [-0.3, -0.25) is 0 Å². The van der Waals surface area contributed by atoms with Crippen LogP contribution in [-0.2, 0) is 0 Å². The molecule has 0 fully saturated rings. The number of methoxy groups -OCH3 is 1. The normalized spacial score (nSPS) is 12.2. The predicted molar refractivity (Wildman–Crippen MR) is 82.5 cm³/mol. The van der Waals surface area contributed by atoms with Crippen LogP contribution in [0, 0.1) is 5.92 Å². The first-order valence-electron chi connectivity index (χ1n) is 6.78. The van der Waals surface area contributed by atoms with Gasteiger partial charge in [0.2, 0.25) is 0 Å². The highest BCUT2D eigenvalue weighted by Crippen LogP contribution is 2.28. The van der Waals surface area contributed by atoms with E-state index in [0.717, 1.165) is 28.4 Å². The zero-order valence-corrected chi connectivity index (χ0v) is 13.2. The third-order valence-electron chi connectivity index (χ3n) is 3.29. The van der Waals surface area contributed by atoms with Gasteiger partial charge in [-0.05, 0) is 46.5 Å². The highest BCUT2D eigenvalue weighted by atomic mass is 79.9. The first-order valence-corrected chi connectivity index (χ1v) is 7.57. The number of halogens is 1. The van der Waals surface area contributed by atoms with Gasteiger partial charge in [0.1, 0.15) is 5.75 Å². The van der Waals surface area contributed by atoms with Crippen LogP contribution in [0.1, 0.15) is 39.5 Å². The number of hydrogen-bond donors (Lipinski definition) is 1. The Hall–Kier alpha value is -0.700. The van der Waals surface area contributed by atoms with E-state index in [1.165, 1.54) is 25.7 Å². The minimum Gasteiger partial charge on any atom is -0.496 e. The van der Waals surface area contributed by atoms with Gasteiger partial charge in [-0.1, -0.05) is 33.1 Å². The summed E-state index contributed by atoms with van der Waals surface area (Å²) in [5.74, 6) is 1.64. The van der Waals surface area contributed by atoms with Crippen molar-refractivity contribution in [3.63, 3.8) is 0 Å². The third kappa shape index (κ3) is 4.89. The summed E-state index contributed by atoms with van der Waals surface area (Å²) in [4.78, 5) is 0. The minimum atomic E-state index is 0.769. The molecule has 0 aromatic heterocycles. The van der Waals surface area contributed by atoms with E-state index in [0.29, 0.717) is 0 Å². The number of rotatable bonds is 8. The van der Waals surface area contributed by atoms with E-state index in [4.69, 9.17) is 4.74 Å². The minimum absolute atomic E-state index is 0.769. The maximum absolute atomic E-state index is 5.23. The highest BCUT2D eigenvalue weighted by molar-refractivity contribution is 9.10. The molecule has 0 radical (unpaired) electrons. The molecular formula is C15H24BrNO. The van der Waals surface area contributed by atoms with Crippen molar-refractivity contribution in [2.75, 3.05) is 19.0 Å². The predicted octanol–water partition coefficient (Wildman–Crippen LogP) is 5.09. The molecule has 18 heavy (non-hydrogen) atoms. The van der Waals surface area contributed by atoms with Crippen LogP contribution in [0.15, 0.2) is 22.7 Å². The Balaban J connectivity index is 2.49. The zero-order valence-electron chi connectivity index (χ0n) is 11.6. The fourth-order valence-corrected chi connectivity index (χ4v) is 2.52. The molecule has 0 bridgehead atoms. The summed E-state index contributed by atoms with van der Waals surface area (Å²) in [6, 6.07) is 6.13. The fraction of sp³-hybridized carbons (Fsp3) is 0.600. The summed E-state index contributed by atoms with van der Waals surface area (Å²) in [7, 11) is 1.69. The smallest absolute Gasteiger partial charge is 0.133 e. The van der Waals surface area contributed by atoms with Crippen molar-refractivity contribution in [2.45, 2.75) is 39.5 Å². The number of unbranched alkanes of at least 4 members (excludes halogenated alkanes) is 1. The van der Waals surface area contributed by atoms with Gasteiger partial charge in [0.15, 0.2) is 0 Å². The van der Waals surface area contributed by atoms with Crippen LogP contribution < -0.4 is 10.1 Å². The molecule has 1 aromatic carbocycles. The fourth-order valence-electron chi connectivity index (χ4n) is 1.98. The average Bonchev–Trinajstić information content (AvgIpc) is 2.39. The van der Waals surface area contributed by atoms with Gasteiger partial charge in [0.05, 0.1) is 11.6 Å². The maximum Gasteiger partial charge on any atom is 0.133 e. The summed E-state index contributed by atoms with van der Waals surface area (Å²) < 4.78 is 6.22. The van der Waals surface area contributed by atoms with Crippen molar-refractivity contribution in [1.29, 1.82) is 0 Å². The maximum atomic E-state index is 5.23. The first-order chi connectivity index (χ1) is 8.71. The average molecular weight is 314 g/mol. The standard InChI is InChI=1S/C15H24BrNO/c1-4-6-7-12(5-2)11-17-13-8-9-15(18-3)14(16)10-13/h8-10,12,17H,4-7,11H2,1-3H3. The number of hydrogen-bond acceptors (Lipinski definition) is 2. The molecule has 0 spiro atoms. The summed E-state index contributed by atoms with van der Waals surface area (Å²) in [6.07, 6.45) is 5.17. The second-order valence-corrected chi connectivity index (χ2v) is 5.50. The Morgan fingerprint density at radius 1 is 1.33 bits per heavy atom. The van der Waals surface area contributed by atoms with Crippen LogP contribution in [0.3, 0.4) is 0 Å². The molecule has 1 unspecified atom stereocenters. The molecule has 0 saturated heterocycles. The Kier molecular flexibility index (Phi) is 7.18. The lowest BCUT2D eigenvalue weighted by Gasteiger charge is -2.16. The second kappa shape index (κ2) is 8.41. The molecule has 1 aromatic rings. The van der Waals surface area contributed by atoms with Crippen LogP contribution >= 0.6 is 15.9 Å². The lowest BCUT2D eigenvalue weighted by atomic mass is 9.99. The van der Waals surface area contributed by atoms with Crippen LogP contribution in [0.2, 0.25) is 0 Å². The molecule has 0 heterocycles. The largest absolute Gasteiger partial charge is 0.496 e. The summed E-state index contributed by atoms with van der Waals surface area (Å²) in [5, 5.41) is 3.51. The molecule has 102 valence electrons. The Morgan fingerprint density at radius 3 is 2.67 bits per heavy atom. The molecule has 3 heteroatoms. The van der Waals surface area contributed by atoms with Crippen molar-refractivity contribution in [1.82, 2.24) is 0 Å². The van der Waals surface area contributed by atoms with Crippen molar-refractivity contribution < 1.29 is 4.74 Å². The van der Waals surface area contributed by atoms with Gasteiger partial charge in [-0.2, -0.15) is 0 Å². The summed E-state index contributed by atoms with van der Waals surface area (Å²) in [6.45, 7) is 5.57. The van der Waals surface area contributed by atoms with Crippen LogP contribution in [-0.4, -0.2) is 13.7 Å². The number of nitrogens with one attached hydrogen (secondary N) is 1. The molecule has 1 N–H and O–H groups in total. The zero-order chi connectivity index (χ0) is 13.4. The lowest BCUT2D eigenvalue weighted by molar-refractivity contribution is 0.412.